The average Bonchev–Trinajstić information content (AvgIpc) is 3.61. The predicted octanol–water partition coefficient (Wildman–Crippen LogP) is 4.06. The molecule has 38 heavy (non-hydrogen) atoms. The molecule has 0 spiro atoms. The summed E-state index contributed by atoms with van der Waals surface area (Å²) in [6.07, 6.45) is 4.90. The molecule has 0 aliphatic carbocycles. The van der Waals surface area contributed by atoms with Crippen molar-refractivity contribution in [2.45, 2.75) is 19.4 Å². The van der Waals surface area contributed by atoms with Gasteiger partial charge < -0.3 is 19.4 Å². The van der Waals surface area contributed by atoms with Crippen molar-refractivity contribution in [3.63, 3.8) is 0 Å². The van der Waals surface area contributed by atoms with Crippen LogP contribution in [0.2, 0.25) is 0 Å². The van der Waals surface area contributed by atoms with Crippen molar-refractivity contribution in [2.24, 2.45) is 0 Å². The molecule has 9 heteroatoms. The first kappa shape index (κ1) is 24.6. The lowest BCUT2D eigenvalue weighted by Gasteiger charge is -2.35. The maximum Gasteiger partial charge on any atom is 0.228 e. The summed E-state index contributed by atoms with van der Waals surface area (Å²) in [4.78, 5) is 19.8. The largest absolute Gasteiger partial charge is 0.454 e. The molecule has 198 valence electrons. The Morgan fingerprint density at radius 2 is 1.89 bits per heavy atom. The molecule has 0 bridgehead atoms. The summed E-state index contributed by atoms with van der Waals surface area (Å²) in [6, 6.07) is 10.8. The highest BCUT2D eigenvalue weighted by Crippen LogP contribution is 2.38. The number of anilines is 2. The Labute approximate surface area is 223 Å². The highest BCUT2D eigenvalue weighted by atomic mass is 16.5. The Kier molecular flexibility index (Phi) is 6.63. The van der Waals surface area contributed by atoms with E-state index in [2.05, 4.69) is 69.5 Å². The number of benzene rings is 2. The number of aromatic nitrogens is 4. The molecule has 6 rings (SSSR count). The Morgan fingerprint density at radius 1 is 1.05 bits per heavy atom. The second kappa shape index (κ2) is 10.2. The van der Waals surface area contributed by atoms with Gasteiger partial charge in [-0.05, 0) is 51.2 Å². The van der Waals surface area contributed by atoms with Crippen molar-refractivity contribution < 1.29 is 4.74 Å². The fourth-order valence-electron chi connectivity index (χ4n) is 5.58. The molecule has 2 fully saturated rings. The third-order valence-electron chi connectivity index (χ3n) is 7.88. The fraction of sp³-hybridized carbons (Fsp3) is 0.414. The van der Waals surface area contributed by atoms with Gasteiger partial charge in [-0.1, -0.05) is 18.2 Å². The second-order valence-corrected chi connectivity index (χ2v) is 10.6. The van der Waals surface area contributed by atoms with Gasteiger partial charge in [0.25, 0.3) is 0 Å². The van der Waals surface area contributed by atoms with Crippen molar-refractivity contribution in [2.75, 3.05) is 69.7 Å². The maximum atomic E-state index is 6.65. The van der Waals surface area contributed by atoms with Crippen LogP contribution in [-0.4, -0.2) is 95.9 Å². The van der Waals surface area contributed by atoms with Crippen molar-refractivity contribution in [3.05, 3.63) is 54.7 Å². The minimum atomic E-state index is 0.494. The van der Waals surface area contributed by atoms with Crippen LogP contribution in [0.25, 0.3) is 21.8 Å². The third-order valence-corrected chi connectivity index (χ3v) is 7.88. The number of H-pyrrole nitrogens is 1. The van der Waals surface area contributed by atoms with E-state index in [4.69, 9.17) is 14.7 Å². The van der Waals surface area contributed by atoms with E-state index < -0.39 is 0 Å². The van der Waals surface area contributed by atoms with Crippen molar-refractivity contribution in [1.29, 1.82) is 0 Å². The van der Waals surface area contributed by atoms with Gasteiger partial charge in [0.1, 0.15) is 17.1 Å². The first-order valence-corrected chi connectivity index (χ1v) is 13.4. The zero-order chi connectivity index (χ0) is 26.2. The Hall–Kier alpha value is -3.69. The fourth-order valence-corrected chi connectivity index (χ4v) is 5.58. The van der Waals surface area contributed by atoms with Crippen LogP contribution in [0.15, 0.2) is 49.2 Å². The summed E-state index contributed by atoms with van der Waals surface area (Å²) in [5.41, 5.74) is 2.84. The average molecular weight is 513 g/mol. The molecule has 2 aliphatic rings. The summed E-state index contributed by atoms with van der Waals surface area (Å²) in [5.74, 6) is 3.30. The van der Waals surface area contributed by atoms with E-state index in [1.165, 1.54) is 0 Å². The first-order valence-electron chi connectivity index (χ1n) is 13.4. The van der Waals surface area contributed by atoms with Gasteiger partial charge >= 0.3 is 0 Å². The van der Waals surface area contributed by atoms with E-state index in [1.807, 2.05) is 30.5 Å². The van der Waals surface area contributed by atoms with E-state index in [0.717, 1.165) is 103 Å². The highest BCUT2D eigenvalue weighted by Gasteiger charge is 2.28. The molecule has 2 aromatic carbocycles. The van der Waals surface area contributed by atoms with Crippen molar-refractivity contribution >= 4 is 33.6 Å². The summed E-state index contributed by atoms with van der Waals surface area (Å²) >= 11 is 0. The molecular weight excluding hydrogens is 476 g/mol. The third kappa shape index (κ3) is 4.56. The van der Waals surface area contributed by atoms with Crippen LogP contribution in [0.4, 0.5) is 11.8 Å². The molecule has 9 nitrogen and oxygen atoms in total. The van der Waals surface area contributed by atoms with Gasteiger partial charge in [-0.3, -0.25) is 10.00 Å². The topological polar surface area (TPSA) is 76.7 Å². The number of nitrogens with zero attached hydrogens (tertiary/aromatic N) is 7. The van der Waals surface area contributed by atoms with Crippen molar-refractivity contribution in [1.82, 2.24) is 30.0 Å². The number of hydrogen-bond acceptors (Lipinski definition) is 8. The molecule has 0 unspecified atom stereocenters. The van der Waals surface area contributed by atoms with Crippen LogP contribution in [-0.2, 0) is 0 Å². The van der Waals surface area contributed by atoms with Gasteiger partial charge in [0.2, 0.25) is 5.95 Å². The smallest absolute Gasteiger partial charge is 0.228 e. The number of nitrogens with one attached hydrogen (secondary N) is 1. The number of fused-ring (bicyclic) bond motifs is 2. The predicted molar refractivity (Wildman–Crippen MR) is 154 cm³/mol. The molecule has 4 aromatic rings. The zero-order valence-corrected chi connectivity index (χ0v) is 22.5. The molecule has 2 saturated heterocycles. The van der Waals surface area contributed by atoms with Crippen LogP contribution < -0.4 is 14.5 Å². The summed E-state index contributed by atoms with van der Waals surface area (Å²) in [5, 5.41) is 9.26. The summed E-state index contributed by atoms with van der Waals surface area (Å²) < 4.78 is 6.65. The highest BCUT2D eigenvalue weighted by molar-refractivity contribution is 5.95. The Morgan fingerprint density at radius 3 is 2.66 bits per heavy atom. The van der Waals surface area contributed by atoms with Crippen molar-refractivity contribution in [3.8, 4) is 11.5 Å². The van der Waals surface area contributed by atoms with Crippen LogP contribution >= 0.6 is 0 Å². The molecule has 2 aliphatic heterocycles. The van der Waals surface area contributed by atoms with E-state index in [-0.39, 0.29) is 0 Å². The number of para-hydroxylation sites is 1. The van der Waals surface area contributed by atoms with Gasteiger partial charge in [0.15, 0.2) is 5.75 Å². The molecule has 0 radical (unpaired) electrons. The van der Waals surface area contributed by atoms with Gasteiger partial charge in [0, 0.05) is 57.2 Å². The SMILES string of the molecule is C=CCN1CCN(c2nc(N3CC[C@@H](N(C)C)C3)nc3c(Oc4c(C)ccc5[nH]ncc45)cccc23)CC1. The summed E-state index contributed by atoms with van der Waals surface area (Å²) in [7, 11) is 4.29. The monoisotopic (exact) mass is 512 g/mol. The minimum absolute atomic E-state index is 0.494. The summed E-state index contributed by atoms with van der Waals surface area (Å²) in [6.45, 7) is 12.5. The van der Waals surface area contributed by atoms with Gasteiger partial charge in [0.05, 0.1) is 17.1 Å². The van der Waals surface area contributed by atoms with Crippen LogP contribution in [0.5, 0.6) is 11.5 Å². The number of likely N-dealkylation sites (N-methyl/N-ethyl adjacent to an activating group) is 1. The first-order chi connectivity index (χ1) is 18.5. The van der Waals surface area contributed by atoms with Gasteiger partial charge in [-0.2, -0.15) is 10.1 Å². The lowest BCUT2D eigenvalue weighted by atomic mass is 10.1. The zero-order valence-electron chi connectivity index (χ0n) is 22.5. The number of ether oxygens (including phenoxy) is 1. The molecule has 0 amide bonds. The molecule has 2 aromatic heterocycles. The van der Waals surface area contributed by atoms with Crippen LogP contribution in [0.1, 0.15) is 12.0 Å². The number of piperazine rings is 1. The molecular formula is C29H36N8O. The standard InChI is InChI=1S/C29H36N8O/c1-5-12-35-14-16-36(17-15-35)28-22-7-6-8-25(38-27-20(2)9-10-24-23(27)18-30-33-24)26(22)31-29(32-28)37-13-11-21(19-37)34(3)4/h5-10,18,21H,1,11-17,19H2,2-4H3,(H,30,33)/t21-/m1/s1. The molecule has 4 heterocycles. The van der Waals surface area contributed by atoms with Gasteiger partial charge in [-0.25, -0.2) is 4.98 Å². The Balaban J connectivity index is 1.43. The number of aryl methyl sites for hydroxylation is 1. The van der Waals surface area contributed by atoms with E-state index in [1.54, 1.807) is 0 Å². The van der Waals surface area contributed by atoms with Gasteiger partial charge in [-0.15, -0.1) is 6.58 Å². The number of rotatable bonds is 7. The Bertz CT molecular complexity index is 1460. The normalized spacial score (nSPS) is 18.7. The van der Waals surface area contributed by atoms with Crippen LogP contribution in [0.3, 0.4) is 0 Å². The van der Waals surface area contributed by atoms with E-state index >= 15 is 0 Å². The quantitative estimate of drug-likeness (QED) is 0.372. The second-order valence-electron chi connectivity index (χ2n) is 10.6. The van der Waals surface area contributed by atoms with E-state index in [0.29, 0.717) is 6.04 Å². The maximum absolute atomic E-state index is 6.65. The van der Waals surface area contributed by atoms with Crippen LogP contribution in [0, 0.1) is 6.92 Å². The molecule has 1 atom stereocenters. The number of hydrogen-bond donors (Lipinski definition) is 1. The number of aromatic amines is 1. The minimum Gasteiger partial charge on any atom is -0.454 e. The lowest BCUT2D eigenvalue weighted by Crippen LogP contribution is -2.46. The molecule has 1 N–H and O–H groups in total. The molecule has 0 saturated carbocycles. The van der Waals surface area contributed by atoms with E-state index in [9.17, 15) is 0 Å². The lowest BCUT2D eigenvalue weighted by molar-refractivity contribution is 0.284.